The predicted octanol–water partition coefficient (Wildman–Crippen LogP) is 11.8. The summed E-state index contributed by atoms with van der Waals surface area (Å²) in [6, 6.07) is 98.4. The van der Waals surface area contributed by atoms with Gasteiger partial charge in [-0.25, -0.2) is 0 Å². The molecule has 0 aliphatic carbocycles. The Bertz CT molecular complexity index is 3670. The topological polar surface area (TPSA) is 3.24 Å². The van der Waals surface area contributed by atoms with Crippen LogP contribution >= 0.6 is 11.3 Å². The molecule has 0 N–H and O–H groups in total. The summed E-state index contributed by atoms with van der Waals surface area (Å²) in [5.41, 5.74) is 6.86. The first-order chi connectivity index (χ1) is 35.1. The first-order valence-electron chi connectivity index (χ1n) is 24.5. The van der Waals surface area contributed by atoms with Gasteiger partial charge in [-0.2, -0.15) is 0 Å². The molecule has 11 aromatic rings. The van der Waals surface area contributed by atoms with Crippen LogP contribution in [0.4, 0.5) is 11.4 Å². The third kappa shape index (κ3) is 7.69. The molecule has 0 saturated heterocycles. The summed E-state index contributed by atoms with van der Waals surface area (Å²) in [5.74, 6) is 0. The number of hydrogen-bond acceptors (Lipinski definition) is 2. The second kappa shape index (κ2) is 19.0. The number of fused-ring (bicyclic) bond motifs is 4. The Kier molecular flexibility index (Phi) is 11.8. The van der Waals surface area contributed by atoms with E-state index in [1.165, 1.54) is 72.8 Å². The number of nitrogens with zero attached hydrogens (tertiary/aromatic N) is 1. The van der Waals surface area contributed by atoms with Crippen LogP contribution in [0.2, 0.25) is 0 Å². The van der Waals surface area contributed by atoms with Gasteiger partial charge in [0.15, 0.2) is 16.1 Å². The molecule has 338 valence electrons. The maximum Gasteiger partial charge on any atom is 0.181 e. The molecule has 4 heteroatoms. The van der Waals surface area contributed by atoms with E-state index in [2.05, 4.69) is 297 Å². The van der Waals surface area contributed by atoms with Gasteiger partial charge in [0.1, 0.15) is 0 Å². The van der Waals surface area contributed by atoms with Gasteiger partial charge in [-0.05, 0) is 82.5 Å². The highest BCUT2D eigenvalue weighted by atomic mass is 32.1. The molecule has 0 saturated carbocycles. The van der Waals surface area contributed by atoms with Crippen molar-refractivity contribution in [1.29, 1.82) is 0 Å². The molecule has 0 radical (unpaired) electrons. The van der Waals surface area contributed by atoms with E-state index in [-0.39, 0.29) is 0 Å². The monoisotopic (exact) mass is 957 g/mol. The molecule has 1 nitrogen and oxygen atoms in total. The van der Waals surface area contributed by atoms with Gasteiger partial charge < -0.3 is 4.90 Å². The van der Waals surface area contributed by atoms with Crippen molar-refractivity contribution in [3.05, 3.63) is 297 Å². The summed E-state index contributed by atoms with van der Waals surface area (Å²) >= 11 is 1.93. The fourth-order valence-corrected chi connectivity index (χ4v) is 22.7. The number of para-hydroxylation sites is 1. The van der Waals surface area contributed by atoms with E-state index in [1.54, 1.807) is 0 Å². The van der Waals surface area contributed by atoms with Crippen LogP contribution in [0.25, 0.3) is 36.9 Å². The lowest BCUT2D eigenvalue weighted by molar-refractivity contribution is 1.09. The average molecular weight is 958 g/mol. The van der Waals surface area contributed by atoms with Crippen molar-refractivity contribution in [2.75, 3.05) is 11.4 Å². The Morgan fingerprint density at radius 2 is 0.873 bits per heavy atom. The van der Waals surface area contributed by atoms with Crippen LogP contribution in [0.15, 0.2) is 292 Å². The molecule has 10 aromatic carbocycles. The zero-order valence-electron chi connectivity index (χ0n) is 39.4. The first-order valence-corrected chi connectivity index (χ1v) is 29.3. The number of rotatable bonds is 10. The molecule has 1 aliphatic heterocycles. The summed E-state index contributed by atoms with van der Waals surface area (Å²) in [4.78, 5) is 2.41. The van der Waals surface area contributed by atoms with E-state index >= 15 is 0 Å². The van der Waals surface area contributed by atoms with Crippen LogP contribution in [-0.4, -0.2) is 22.7 Å². The van der Waals surface area contributed by atoms with Gasteiger partial charge in [-0.3, -0.25) is 0 Å². The Balaban J connectivity index is 1.05. The second-order valence-corrected chi connectivity index (χ2v) is 27.0. The number of anilines is 2. The number of benzene rings is 10. The average Bonchev–Trinajstić information content (AvgIpc) is 3.86. The molecule has 0 atom stereocenters. The smallest absolute Gasteiger partial charge is 0.181 e. The van der Waals surface area contributed by atoms with Crippen molar-refractivity contribution in [3.8, 4) is 11.1 Å². The molecule has 12 rings (SSSR count). The van der Waals surface area contributed by atoms with E-state index in [0.29, 0.717) is 0 Å². The molecule has 0 spiro atoms. The lowest BCUT2D eigenvalue weighted by Gasteiger charge is -2.36. The number of allylic oxidation sites excluding steroid dienone is 4. The van der Waals surface area contributed by atoms with Gasteiger partial charge in [0.25, 0.3) is 0 Å². The number of hydrogen-bond donors (Lipinski definition) is 0. The highest BCUT2D eigenvalue weighted by molar-refractivity contribution is 7.30. The fourth-order valence-electron chi connectivity index (χ4n) is 11.3. The van der Waals surface area contributed by atoms with Gasteiger partial charge in [-0.15, -0.1) is 11.3 Å². The molecule has 0 fully saturated rings. The van der Waals surface area contributed by atoms with Crippen molar-refractivity contribution in [2.24, 2.45) is 0 Å². The van der Waals surface area contributed by atoms with E-state index < -0.39 is 16.1 Å². The van der Waals surface area contributed by atoms with Crippen molar-refractivity contribution in [2.45, 2.75) is 0 Å². The standard InChI is InChI=1S/C67H51NSSi2/c1-50-24-7-6-20-47-68(64-40-18-16-37-61(50)64)53-43-45-58(46-44-53)70(54-27-8-2-9-28-54,55-29-10-3-11-30-55)59-35-21-25-51(48-59)52-26-22-36-60(49-52)71(56-31-12-4-13-32-56,57-33-14-5-15-34-57)66-42-23-39-63-62-38-17-19-41-65(62)69-67(63)66/h2-46,48-49H,1,47H2/b20-6-,24-7-. The van der Waals surface area contributed by atoms with Gasteiger partial charge in [0.05, 0.1) is 0 Å². The highest BCUT2D eigenvalue weighted by Crippen LogP contribution is 2.35. The van der Waals surface area contributed by atoms with E-state index in [1.807, 2.05) is 11.3 Å². The molecule has 0 bridgehead atoms. The van der Waals surface area contributed by atoms with Gasteiger partial charge in [0, 0.05) is 43.7 Å². The largest absolute Gasteiger partial charge is 0.337 e. The minimum absolute atomic E-state index is 0.743. The van der Waals surface area contributed by atoms with Crippen LogP contribution in [0.3, 0.4) is 0 Å². The van der Waals surface area contributed by atoms with Gasteiger partial charge >= 0.3 is 0 Å². The van der Waals surface area contributed by atoms with Crippen molar-refractivity contribution < 1.29 is 0 Å². The van der Waals surface area contributed by atoms with Gasteiger partial charge in [0.2, 0.25) is 0 Å². The SMILES string of the molecule is C=C1/C=C\C=C/CN(c2ccc([Si](c3ccccc3)(c3ccccc3)c3cccc(-c4cccc([Si](c5ccccc5)(c5ccccc5)c5cccc6c5sc5ccccc56)c4)c3)cc2)c2ccccc21. The molecule has 0 amide bonds. The van der Waals surface area contributed by atoms with E-state index in [9.17, 15) is 0 Å². The summed E-state index contributed by atoms with van der Waals surface area (Å²) in [7, 11) is -5.90. The number of thiophene rings is 1. The Labute approximate surface area is 423 Å². The second-order valence-electron chi connectivity index (χ2n) is 18.4. The van der Waals surface area contributed by atoms with Crippen LogP contribution < -0.4 is 46.4 Å². The normalized spacial score (nSPS) is 13.8. The van der Waals surface area contributed by atoms with Gasteiger partial charge in [-0.1, -0.05) is 267 Å². The fraction of sp³-hybridized carbons (Fsp3) is 0.0149. The minimum Gasteiger partial charge on any atom is -0.337 e. The molecule has 71 heavy (non-hydrogen) atoms. The van der Waals surface area contributed by atoms with Crippen LogP contribution in [0.1, 0.15) is 5.56 Å². The zero-order chi connectivity index (χ0) is 47.6. The molecule has 1 aromatic heterocycles. The summed E-state index contributed by atoms with van der Waals surface area (Å²) in [6.45, 7) is 5.18. The van der Waals surface area contributed by atoms with E-state index in [0.717, 1.165) is 29.1 Å². The highest BCUT2D eigenvalue weighted by Gasteiger charge is 2.44. The van der Waals surface area contributed by atoms with E-state index in [4.69, 9.17) is 0 Å². The Morgan fingerprint density at radius 1 is 0.394 bits per heavy atom. The third-order valence-corrected chi connectivity index (χ3v) is 25.5. The molecular weight excluding hydrogens is 907 g/mol. The predicted molar refractivity (Wildman–Crippen MR) is 313 cm³/mol. The van der Waals surface area contributed by atoms with Crippen LogP contribution in [0, 0.1) is 0 Å². The third-order valence-electron chi connectivity index (χ3n) is 14.5. The minimum atomic E-state index is -2.95. The Morgan fingerprint density at radius 3 is 1.49 bits per heavy atom. The molecule has 1 aliphatic rings. The lowest BCUT2D eigenvalue weighted by atomic mass is 10.0. The van der Waals surface area contributed by atoms with Crippen molar-refractivity contribution in [1.82, 2.24) is 0 Å². The van der Waals surface area contributed by atoms with Crippen molar-refractivity contribution >= 4 is 106 Å². The maximum atomic E-state index is 4.44. The molecule has 2 heterocycles. The van der Waals surface area contributed by atoms with Crippen LogP contribution in [0.5, 0.6) is 0 Å². The van der Waals surface area contributed by atoms with Crippen LogP contribution in [-0.2, 0) is 0 Å². The first kappa shape index (κ1) is 44.1. The maximum absolute atomic E-state index is 4.44. The molecule has 0 unspecified atom stereocenters. The zero-order valence-corrected chi connectivity index (χ0v) is 42.2. The Hall–Kier alpha value is -8.13. The summed E-state index contributed by atoms with van der Waals surface area (Å²) < 4.78 is 2.70. The van der Waals surface area contributed by atoms with Crippen molar-refractivity contribution in [3.63, 3.8) is 0 Å². The molecular formula is C67H51NSSi2. The quantitative estimate of drug-likeness (QED) is 0.0975. The summed E-state index contributed by atoms with van der Waals surface area (Å²) in [5, 5.41) is 13.6. The lowest BCUT2D eigenvalue weighted by Crippen LogP contribution is -2.75. The summed E-state index contributed by atoms with van der Waals surface area (Å²) in [6.07, 6.45) is 8.54.